The Labute approximate surface area is 159 Å². The van der Waals surface area contributed by atoms with E-state index in [9.17, 15) is 4.79 Å². The predicted octanol–water partition coefficient (Wildman–Crippen LogP) is 4.13. The molecule has 0 radical (unpaired) electrons. The topological polar surface area (TPSA) is 47.4 Å². The number of hydrogen-bond donors (Lipinski definition) is 0. The molecule has 140 valence electrons. The maximum Gasteiger partial charge on any atom is 0.233 e. The van der Waals surface area contributed by atoms with Crippen molar-refractivity contribution < 1.29 is 9.53 Å². The number of piperidine rings is 1. The zero-order valence-corrected chi connectivity index (χ0v) is 15.5. The van der Waals surface area contributed by atoms with Crippen molar-refractivity contribution in [2.45, 2.75) is 32.3 Å². The van der Waals surface area contributed by atoms with Crippen LogP contribution in [-0.4, -0.2) is 40.0 Å². The summed E-state index contributed by atoms with van der Waals surface area (Å²) in [5.41, 5.74) is 1.68. The lowest BCUT2D eigenvalue weighted by Crippen LogP contribution is -2.32. The summed E-state index contributed by atoms with van der Waals surface area (Å²) in [5, 5.41) is 0. The van der Waals surface area contributed by atoms with Crippen molar-refractivity contribution in [1.29, 1.82) is 0 Å². The van der Waals surface area contributed by atoms with Crippen LogP contribution < -0.4 is 4.74 Å². The fraction of sp³-hybridized carbons (Fsp3) is 0.364. The first-order valence-electron chi connectivity index (χ1n) is 9.71. The van der Waals surface area contributed by atoms with Crippen LogP contribution in [0.4, 0.5) is 0 Å². The molecule has 0 aliphatic carbocycles. The summed E-state index contributed by atoms with van der Waals surface area (Å²) in [6.07, 6.45) is 4.27. The number of para-hydroxylation sites is 3. The van der Waals surface area contributed by atoms with Crippen LogP contribution in [0, 0.1) is 0 Å². The van der Waals surface area contributed by atoms with Gasteiger partial charge in [0.2, 0.25) is 5.91 Å². The van der Waals surface area contributed by atoms with Gasteiger partial charge in [0.1, 0.15) is 12.4 Å². The summed E-state index contributed by atoms with van der Waals surface area (Å²) >= 11 is 0. The third-order valence-electron chi connectivity index (χ3n) is 5.08. The molecule has 0 atom stereocenters. The SMILES string of the molecule is O=C(CCN1CCCCC1)n1c(COc2ccccc2)nc2ccccc21. The largest absolute Gasteiger partial charge is 0.486 e. The van der Waals surface area contributed by atoms with Crippen molar-refractivity contribution in [2.24, 2.45) is 0 Å². The van der Waals surface area contributed by atoms with Gasteiger partial charge in [0, 0.05) is 13.0 Å². The molecule has 0 N–H and O–H groups in total. The van der Waals surface area contributed by atoms with Crippen LogP contribution in [-0.2, 0) is 6.61 Å². The van der Waals surface area contributed by atoms with Crippen LogP contribution in [0.15, 0.2) is 54.6 Å². The van der Waals surface area contributed by atoms with Gasteiger partial charge in [0.15, 0.2) is 5.82 Å². The number of carbonyl (C=O) groups excluding carboxylic acids is 1. The minimum atomic E-state index is 0.0842. The van der Waals surface area contributed by atoms with Crippen LogP contribution in [0.25, 0.3) is 11.0 Å². The molecule has 27 heavy (non-hydrogen) atoms. The zero-order valence-electron chi connectivity index (χ0n) is 15.5. The van der Waals surface area contributed by atoms with Crippen molar-refractivity contribution in [2.75, 3.05) is 19.6 Å². The molecule has 5 heteroatoms. The number of benzene rings is 2. The number of rotatable bonds is 6. The Kier molecular flexibility index (Phi) is 5.49. The number of aromatic nitrogens is 2. The molecule has 1 saturated heterocycles. The quantitative estimate of drug-likeness (QED) is 0.661. The maximum absolute atomic E-state index is 13.0. The number of imidazole rings is 1. The van der Waals surface area contributed by atoms with Crippen LogP contribution in [0.5, 0.6) is 5.75 Å². The van der Waals surface area contributed by atoms with E-state index in [0.717, 1.165) is 36.4 Å². The molecule has 4 rings (SSSR count). The summed E-state index contributed by atoms with van der Waals surface area (Å²) in [5.74, 6) is 1.52. The van der Waals surface area contributed by atoms with Gasteiger partial charge in [-0.2, -0.15) is 0 Å². The molecule has 2 heterocycles. The summed E-state index contributed by atoms with van der Waals surface area (Å²) in [7, 11) is 0. The van der Waals surface area contributed by atoms with E-state index in [0.29, 0.717) is 12.2 Å². The van der Waals surface area contributed by atoms with Gasteiger partial charge in [-0.3, -0.25) is 9.36 Å². The molecule has 0 saturated carbocycles. The minimum Gasteiger partial charge on any atom is -0.486 e. The molecule has 0 spiro atoms. The number of carbonyl (C=O) groups is 1. The van der Waals surface area contributed by atoms with E-state index in [2.05, 4.69) is 9.88 Å². The van der Waals surface area contributed by atoms with Crippen molar-refractivity contribution in [3.63, 3.8) is 0 Å². The Balaban J connectivity index is 1.53. The highest BCUT2D eigenvalue weighted by Crippen LogP contribution is 2.19. The maximum atomic E-state index is 13.0. The van der Waals surface area contributed by atoms with E-state index in [4.69, 9.17) is 4.74 Å². The van der Waals surface area contributed by atoms with Crippen molar-refractivity contribution >= 4 is 16.9 Å². The van der Waals surface area contributed by atoms with Gasteiger partial charge in [-0.1, -0.05) is 36.8 Å². The molecule has 0 unspecified atom stereocenters. The molecular weight excluding hydrogens is 338 g/mol. The number of likely N-dealkylation sites (tertiary alicyclic amines) is 1. The van der Waals surface area contributed by atoms with Crippen molar-refractivity contribution in [3.8, 4) is 5.75 Å². The summed E-state index contributed by atoms with van der Waals surface area (Å²) in [4.78, 5) is 20.1. The second-order valence-corrected chi connectivity index (χ2v) is 7.00. The highest BCUT2D eigenvalue weighted by Gasteiger charge is 2.19. The normalized spacial score (nSPS) is 15.1. The summed E-state index contributed by atoms with van der Waals surface area (Å²) in [6.45, 7) is 3.28. The van der Waals surface area contributed by atoms with Gasteiger partial charge < -0.3 is 9.64 Å². The fourth-order valence-corrected chi connectivity index (χ4v) is 3.66. The summed E-state index contributed by atoms with van der Waals surface area (Å²) < 4.78 is 7.60. The molecule has 2 aromatic carbocycles. The van der Waals surface area contributed by atoms with Gasteiger partial charge >= 0.3 is 0 Å². The van der Waals surface area contributed by atoms with Crippen LogP contribution in [0.2, 0.25) is 0 Å². The van der Waals surface area contributed by atoms with Crippen molar-refractivity contribution in [3.05, 3.63) is 60.4 Å². The molecule has 0 amide bonds. The molecule has 1 aliphatic heterocycles. The van der Waals surface area contributed by atoms with Crippen LogP contribution in [0.3, 0.4) is 0 Å². The van der Waals surface area contributed by atoms with Gasteiger partial charge in [0.05, 0.1) is 11.0 Å². The molecular formula is C22H25N3O2. The molecule has 1 aromatic heterocycles. The van der Waals surface area contributed by atoms with E-state index in [1.54, 1.807) is 4.57 Å². The first-order valence-corrected chi connectivity index (χ1v) is 9.71. The van der Waals surface area contributed by atoms with Gasteiger partial charge in [-0.05, 0) is 50.2 Å². The number of ether oxygens (including phenoxy) is 1. The molecule has 5 nitrogen and oxygen atoms in total. The third-order valence-corrected chi connectivity index (χ3v) is 5.08. The zero-order chi connectivity index (χ0) is 18.5. The average Bonchev–Trinajstić information content (AvgIpc) is 3.10. The molecule has 3 aromatic rings. The second-order valence-electron chi connectivity index (χ2n) is 7.00. The highest BCUT2D eigenvalue weighted by atomic mass is 16.5. The fourth-order valence-electron chi connectivity index (χ4n) is 3.66. The monoisotopic (exact) mass is 363 g/mol. The number of hydrogen-bond acceptors (Lipinski definition) is 4. The van der Waals surface area contributed by atoms with E-state index in [1.807, 2.05) is 54.6 Å². The lowest BCUT2D eigenvalue weighted by molar-refractivity contribution is 0.0874. The number of nitrogens with zero attached hydrogens (tertiary/aromatic N) is 3. The van der Waals surface area contributed by atoms with Crippen LogP contribution in [0.1, 0.15) is 36.3 Å². The van der Waals surface area contributed by atoms with Crippen molar-refractivity contribution in [1.82, 2.24) is 14.5 Å². The average molecular weight is 363 g/mol. The third kappa shape index (κ3) is 4.19. The molecule has 0 bridgehead atoms. The molecule has 1 aliphatic rings. The lowest BCUT2D eigenvalue weighted by Gasteiger charge is -2.26. The Hall–Kier alpha value is -2.66. The van der Waals surface area contributed by atoms with Gasteiger partial charge in [0.25, 0.3) is 0 Å². The van der Waals surface area contributed by atoms with E-state index in [1.165, 1.54) is 19.3 Å². The second kappa shape index (κ2) is 8.35. The minimum absolute atomic E-state index is 0.0842. The van der Waals surface area contributed by atoms with E-state index in [-0.39, 0.29) is 12.5 Å². The Bertz CT molecular complexity index is 898. The van der Waals surface area contributed by atoms with Gasteiger partial charge in [-0.25, -0.2) is 4.98 Å². The van der Waals surface area contributed by atoms with E-state index < -0.39 is 0 Å². The van der Waals surface area contributed by atoms with E-state index >= 15 is 0 Å². The molecule has 1 fully saturated rings. The first kappa shape index (κ1) is 17.7. The first-order chi connectivity index (χ1) is 13.3. The predicted molar refractivity (Wildman–Crippen MR) is 106 cm³/mol. The highest BCUT2D eigenvalue weighted by molar-refractivity contribution is 5.91. The summed E-state index contributed by atoms with van der Waals surface area (Å²) in [6, 6.07) is 17.4. The lowest BCUT2D eigenvalue weighted by atomic mass is 10.1. The standard InChI is InChI=1S/C22H25N3O2/c26-22(13-16-24-14-7-2-8-15-24)25-20-12-6-5-11-19(20)23-21(25)17-27-18-9-3-1-4-10-18/h1,3-6,9-12H,2,7-8,13-17H2. The Morgan fingerprint density at radius 2 is 1.70 bits per heavy atom. The van der Waals surface area contributed by atoms with Gasteiger partial charge in [-0.15, -0.1) is 0 Å². The Morgan fingerprint density at radius 1 is 0.963 bits per heavy atom. The number of fused-ring (bicyclic) bond motifs is 1. The Morgan fingerprint density at radius 3 is 2.52 bits per heavy atom. The smallest absolute Gasteiger partial charge is 0.233 e. The van der Waals surface area contributed by atoms with Crippen LogP contribution >= 0.6 is 0 Å².